The van der Waals surface area contributed by atoms with Crippen LogP contribution in [0.5, 0.6) is 0 Å². The number of hydrogen-bond donors (Lipinski definition) is 0. The molecule has 1 aromatic heterocycles. The maximum Gasteiger partial charge on any atom is 0.168 e. The number of rotatable bonds is 15. The lowest BCUT2D eigenvalue weighted by Crippen LogP contribution is -2.33. The molecule has 0 amide bonds. The first-order valence-corrected chi connectivity index (χ1v) is 10.8. The van der Waals surface area contributed by atoms with Gasteiger partial charge in [-0.1, -0.05) is 99.5 Å². The van der Waals surface area contributed by atoms with Crippen molar-refractivity contribution in [1.29, 1.82) is 0 Å². The minimum atomic E-state index is 0.675. The van der Waals surface area contributed by atoms with Gasteiger partial charge in [0.1, 0.15) is 6.54 Å². The van der Waals surface area contributed by atoms with Crippen molar-refractivity contribution in [2.45, 2.75) is 102 Å². The molecular formula is C21H37BrN+. The predicted octanol–water partition coefficient (Wildman–Crippen LogP) is 6.83. The molecule has 0 saturated carbocycles. The highest BCUT2D eigenvalue weighted by atomic mass is 79.9. The molecule has 23 heavy (non-hydrogen) atoms. The molecule has 0 aliphatic carbocycles. The lowest BCUT2D eigenvalue weighted by Gasteiger charge is -2.07. The summed E-state index contributed by atoms with van der Waals surface area (Å²) in [6.45, 7) is 3.41. The first-order chi connectivity index (χ1) is 11.3. The van der Waals surface area contributed by atoms with E-state index in [0.29, 0.717) is 4.83 Å². The molecule has 0 aromatic carbocycles. The normalized spacial score (nSPS) is 12.4. The van der Waals surface area contributed by atoms with Crippen molar-refractivity contribution < 1.29 is 4.57 Å². The van der Waals surface area contributed by atoms with Crippen molar-refractivity contribution in [3.8, 4) is 0 Å². The molecule has 1 heterocycles. The third kappa shape index (κ3) is 12.7. The number of unbranched alkanes of at least 4 members (excludes halogenated alkanes) is 10. The topological polar surface area (TPSA) is 3.88 Å². The molecule has 1 nitrogen and oxygen atoms in total. The largest absolute Gasteiger partial charge is 0.205 e. The van der Waals surface area contributed by atoms with Crippen LogP contribution >= 0.6 is 15.9 Å². The van der Waals surface area contributed by atoms with Crippen LogP contribution in [-0.4, -0.2) is 4.83 Å². The molecule has 0 saturated heterocycles. The average Bonchev–Trinajstić information content (AvgIpc) is 2.59. The summed E-state index contributed by atoms with van der Waals surface area (Å²) < 4.78 is 2.27. The Kier molecular flexibility index (Phi) is 13.6. The van der Waals surface area contributed by atoms with E-state index < -0.39 is 0 Å². The van der Waals surface area contributed by atoms with Gasteiger partial charge in [0.05, 0.1) is 0 Å². The summed E-state index contributed by atoms with van der Waals surface area (Å²) in [6.07, 6.45) is 22.6. The van der Waals surface area contributed by atoms with E-state index in [1.807, 2.05) is 0 Å². The molecule has 0 spiro atoms. The number of pyridine rings is 1. The third-order valence-electron chi connectivity index (χ3n) is 4.60. The summed E-state index contributed by atoms with van der Waals surface area (Å²) in [5, 5.41) is 0. The summed E-state index contributed by atoms with van der Waals surface area (Å²) in [7, 11) is 0. The Bertz CT molecular complexity index is 352. The van der Waals surface area contributed by atoms with Gasteiger partial charge in [-0.2, -0.15) is 0 Å². The Hall–Kier alpha value is -0.370. The lowest BCUT2D eigenvalue weighted by molar-refractivity contribution is -0.697. The van der Waals surface area contributed by atoms with Crippen LogP contribution in [0.15, 0.2) is 30.6 Å². The standard InChI is InChI=1S/C21H37BrN/c1-2-3-4-5-6-7-8-9-10-11-13-16-21(22)17-20-23-18-14-12-15-19-23/h12,14-15,18-19,21H,2-11,13,16-17,20H2,1H3/q+1. The highest BCUT2D eigenvalue weighted by Crippen LogP contribution is 2.16. The smallest absolute Gasteiger partial charge is 0.168 e. The van der Waals surface area contributed by atoms with Crippen molar-refractivity contribution in [3.05, 3.63) is 30.6 Å². The molecule has 0 radical (unpaired) electrons. The van der Waals surface area contributed by atoms with Crippen molar-refractivity contribution >= 4 is 15.9 Å². The quantitative estimate of drug-likeness (QED) is 0.178. The lowest BCUT2D eigenvalue weighted by atomic mass is 10.0. The minimum absolute atomic E-state index is 0.675. The van der Waals surface area contributed by atoms with Crippen molar-refractivity contribution in [2.75, 3.05) is 0 Å². The zero-order valence-corrected chi connectivity index (χ0v) is 16.8. The van der Waals surface area contributed by atoms with Crippen LogP contribution in [0.4, 0.5) is 0 Å². The molecule has 0 bridgehead atoms. The molecule has 1 rings (SSSR count). The van der Waals surface area contributed by atoms with Crippen LogP contribution in [0.1, 0.15) is 90.4 Å². The van der Waals surface area contributed by atoms with Crippen LogP contribution in [0.25, 0.3) is 0 Å². The second kappa shape index (κ2) is 15.2. The number of aromatic nitrogens is 1. The monoisotopic (exact) mass is 382 g/mol. The van der Waals surface area contributed by atoms with Crippen LogP contribution in [0.2, 0.25) is 0 Å². The van der Waals surface area contributed by atoms with Crippen molar-refractivity contribution in [2.24, 2.45) is 0 Å². The summed E-state index contributed by atoms with van der Waals surface area (Å²) in [5.41, 5.74) is 0. The van der Waals surface area contributed by atoms with E-state index in [2.05, 4.69) is 58.0 Å². The van der Waals surface area contributed by atoms with Gasteiger partial charge in [0.25, 0.3) is 0 Å². The highest BCUT2D eigenvalue weighted by molar-refractivity contribution is 9.09. The molecule has 0 aliphatic heterocycles. The van der Waals surface area contributed by atoms with Gasteiger partial charge in [-0.15, -0.1) is 0 Å². The molecule has 0 N–H and O–H groups in total. The van der Waals surface area contributed by atoms with Crippen LogP contribution in [0.3, 0.4) is 0 Å². The van der Waals surface area contributed by atoms with Gasteiger partial charge in [0.2, 0.25) is 0 Å². The number of nitrogens with zero attached hydrogens (tertiary/aromatic N) is 1. The molecule has 132 valence electrons. The fourth-order valence-corrected chi connectivity index (χ4v) is 3.58. The zero-order chi connectivity index (χ0) is 16.6. The fraction of sp³-hybridized carbons (Fsp3) is 0.762. The molecule has 1 atom stereocenters. The van der Waals surface area contributed by atoms with Gasteiger partial charge in [0, 0.05) is 23.4 Å². The van der Waals surface area contributed by atoms with E-state index in [1.165, 1.54) is 83.5 Å². The molecule has 0 fully saturated rings. The van der Waals surface area contributed by atoms with Crippen LogP contribution in [0, 0.1) is 0 Å². The SMILES string of the molecule is CCCCCCCCCCCCCC(Br)CC[n+]1ccccc1. The van der Waals surface area contributed by atoms with E-state index in [1.54, 1.807) is 0 Å². The van der Waals surface area contributed by atoms with E-state index in [4.69, 9.17) is 0 Å². The highest BCUT2D eigenvalue weighted by Gasteiger charge is 2.07. The minimum Gasteiger partial charge on any atom is -0.205 e. The summed E-state index contributed by atoms with van der Waals surface area (Å²) in [5.74, 6) is 0. The zero-order valence-electron chi connectivity index (χ0n) is 15.2. The van der Waals surface area contributed by atoms with Gasteiger partial charge in [-0.3, -0.25) is 0 Å². The Morgan fingerprint density at radius 2 is 1.22 bits per heavy atom. The van der Waals surface area contributed by atoms with Gasteiger partial charge in [-0.05, 0) is 6.42 Å². The Morgan fingerprint density at radius 1 is 0.696 bits per heavy atom. The molecular weight excluding hydrogens is 346 g/mol. The molecule has 0 aliphatic rings. The molecule has 2 heteroatoms. The number of halogens is 1. The average molecular weight is 383 g/mol. The number of aryl methyl sites for hydroxylation is 1. The second-order valence-electron chi connectivity index (χ2n) is 6.82. The summed E-state index contributed by atoms with van der Waals surface area (Å²) >= 11 is 3.85. The van der Waals surface area contributed by atoms with Crippen LogP contribution in [-0.2, 0) is 6.54 Å². The number of hydrogen-bond acceptors (Lipinski definition) is 0. The van der Waals surface area contributed by atoms with Gasteiger partial charge < -0.3 is 0 Å². The van der Waals surface area contributed by atoms with Gasteiger partial charge in [-0.25, -0.2) is 4.57 Å². The second-order valence-corrected chi connectivity index (χ2v) is 8.12. The Labute approximate surface area is 153 Å². The number of alkyl halides is 1. The van der Waals surface area contributed by atoms with Gasteiger partial charge in [0.15, 0.2) is 12.4 Å². The van der Waals surface area contributed by atoms with Crippen LogP contribution < -0.4 is 4.57 Å². The first kappa shape index (κ1) is 20.7. The van der Waals surface area contributed by atoms with E-state index in [-0.39, 0.29) is 0 Å². The fourth-order valence-electron chi connectivity index (χ4n) is 3.05. The molecule has 1 aromatic rings. The first-order valence-electron chi connectivity index (χ1n) is 9.91. The Balaban J connectivity index is 1.83. The van der Waals surface area contributed by atoms with Crippen molar-refractivity contribution in [3.63, 3.8) is 0 Å². The van der Waals surface area contributed by atoms with Gasteiger partial charge >= 0.3 is 0 Å². The van der Waals surface area contributed by atoms with E-state index >= 15 is 0 Å². The molecule has 1 unspecified atom stereocenters. The van der Waals surface area contributed by atoms with E-state index in [0.717, 1.165) is 6.54 Å². The maximum atomic E-state index is 3.85. The van der Waals surface area contributed by atoms with Crippen molar-refractivity contribution in [1.82, 2.24) is 0 Å². The third-order valence-corrected chi connectivity index (χ3v) is 5.51. The maximum absolute atomic E-state index is 3.85. The summed E-state index contributed by atoms with van der Waals surface area (Å²) in [4.78, 5) is 0.675. The predicted molar refractivity (Wildman–Crippen MR) is 105 cm³/mol. The summed E-state index contributed by atoms with van der Waals surface area (Å²) in [6, 6.07) is 6.29. The Morgan fingerprint density at radius 3 is 1.78 bits per heavy atom. The van der Waals surface area contributed by atoms with E-state index in [9.17, 15) is 0 Å².